The lowest BCUT2D eigenvalue weighted by atomic mass is 10.1. The Hall–Kier alpha value is -0.790. The van der Waals surface area contributed by atoms with Gasteiger partial charge >= 0.3 is 0 Å². The van der Waals surface area contributed by atoms with Crippen LogP contribution in [0.25, 0.3) is 0 Å². The Bertz CT molecular complexity index is 555. The van der Waals surface area contributed by atoms with Gasteiger partial charge in [-0.25, -0.2) is 4.98 Å². The van der Waals surface area contributed by atoms with E-state index in [1.807, 2.05) is 10.7 Å². The summed E-state index contributed by atoms with van der Waals surface area (Å²) in [6.07, 6.45) is 4.96. The molecule has 0 aromatic carbocycles. The van der Waals surface area contributed by atoms with E-state index in [9.17, 15) is 0 Å². The third-order valence-corrected chi connectivity index (χ3v) is 3.79. The highest BCUT2D eigenvalue weighted by Gasteiger charge is 2.15. The van der Waals surface area contributed by atoms with E-state index in [-0.39, 0.29) is 6.04 Å². The molecule has 0 fully saturated rings. The summed E-state index contributed by atoms with van der Waals surface area (Å²) in [6, 6.07) is 1.74. The van der Waals surface area contributed by atoms with Gasteiger partial charge < -0.3 is 5.73 Å². The predicted molar refractivity (Wildman–Crippen MR) is 80.6 cm³/mol. The lowest BCUT2D eigenvalue weighted by molar-refractivity contribution is 0.544. The highest BCUT2D eigenvalue weighted by Crippen LogP contribution is 2.25. The average Bonchev–Trinajstić information content (AvgIpc) is 2.77. The van der Waals surface area contributed by atoms with Gasteiger partial charge in [-0.2, -0.15) is 5.10 Å². The van der Waals surface area contributed by atoms with Gasteiger partial charge in [0, 0.05) is 28.1 Å². The molecule has 102 valence electrons. The molecule has 0 radical (unpaired) electrons. The molecule has 2 N–H and O–H groups in total. The highest BCUT2D eigenvalue weighted by atomic mass is 79.9. The van der Waals surface area contributed by atoms with Crippen molar-refractivity contribution in [1.82, 2.24) is 19.7 Å². The summed E-state index contributed by atoms with van der Waals surface area (Å²) in [6.45, 7) is 2.97. The zero-order valence-electron chi connectivity index (χ0n) is 10.6. The van der Waals surface area contributed by atoms with Gasteiger partial charge in [0.25, 0.3) is 0 Å². The maximum atomic E-state index is 6.21. The van der Waals surface area contributed by atoms with Crippen LogP contribution in [0.3, 0.4) is 0 Å². The second-order valence-corrected chi connectivity index (χ2v) is 6.00. The summed E-state index contributed by atoms with van der Waals surface area (Å²) >= 11 is 6.86. The van der Waals surface area contributed by atoms with Crippen molar-refractivity contribution >= 4 is 31.9 Å². The van der Waals surface area contributed by atoms with Crippen molar-refractivity contribution in [3.8, 4) is 0 Å². The molecule has 0 aliphatic rings. The van der Waals surface area contributed by atoms with E-state index >= 15 is 0 Å². The van der Waals surface area contributed by atoms with Crippen LogP contribution in [-0.4, -0.2) is 19.7 Å². The van der Waals surface area contributed by atoms with Gasteiger partial charge in [0.15, 0.2) is 0 Å². The minimum atomic E-state index is -0.206. The number of aryl methyl sites for hydroxylation is 1. The number of halogens is 2. The predicted octanol–water partition coefficient (Wildman–Crippen LogP) is 2.85. The minimum Gasteiger partial charge on any atom is -0.322 e. The molecule has 2 aromatic rings. The topological polar surface area (TPSA) is 69.6 Å². The molecular formula is C12H15Br2N5. The first-order valence-electron chi connectivity index (χ1n) is 6.05. The second kappa shape index (κ2) is 6.58. The molecule has 0 aliphatic carbocycles. The summed E-state index contributed by atoms with van der Waals surface area (Å²) in [4.78, 5) is 8.62. The largest absolute Gasteiger partial charge is 0.322 e. The van der Waals surface area contributed by atoms with E-state index in [2.05, 4.69) is 53.9 Å². The first-order valence-corrected chi connectivity index (χ1v) is 7.63. The number of aromatic nitrogens is 4. The molecule has 0 bridgehead atoms. The summed E-state index contributed by atoms with van der Waals surface area (Å²) in [7, 11) is 0. The normalized spacial score (nSPS) is 12.6. The maximum Gasteiger partial charge on any atom is 0.138 e. The lowest BCUT2D eigenvalue weighted by Crippen LogP contribution is -2.18. The van der Waals surface area contributed by atoms with Gasteiger partial charge in [-0.3, -0.25) is 9.67 Å². The quantitative estimate of drug-likeness (QED) is 0.854. The van der Waals surface area contributed by atoms with Crippen LogP contribution in [0.15, 0.2) is 27.5 Å². The van der Waals surface area contributed by atoms with Crippen molar-refractivity contribution < 1.29 is 0 Å². The standard InChI is InChI=1S/C12H15Br2N5/c1-2-3-19-11(17-7-18-19)5-10(15)12-9(14)4-8(13)6-16-12/h4,6-7,10H,2-3,5,15H2,1H3. The van der Waals surface area contributed by atoms with Crippen molar-refractivity contribution in [2.24, 2.45) is 5.73 Å². The fourth-order valence-corrected chi connectivity index (χ4v) is 3.12. The average molecular weight is 389 g/mol. The van der Waals surface area contributed by atoms with Crippen molar-refractivity contribution in [3.63, 3.8) is 0 Å². The molecule has 1 unspecified atom stereocenters. The monoisotopic (exact) mass is 387 g/mol. The molecule has 0 spiro atoms. The molecule has 1 atom stereocenters. The van der Waals surface area contributed by atoms with E-state index in [4.69, 9.17) is 5.73 Å². The molecule has 7 heteroatoms. The Kier molecular flexibility index (Phi) is 5.06. The smallest absolute Gasteiger partial charge is 0.138 e. The minimum absolute atomic E-state index is 0.206. The first-order chi connectivity index (χ1) is 9.11. The van der Waals surface area contributed by atoms with E-state index < -0.39 is 0 Å². The Morgan fingerprint density at radius 3 is 2.84 bits per heavy atom. The van der Waals surface area contributed by atoms with Gasteiger partial charge in [0.05, 0.1) is 11.7 Å². The Morgan fingerprint density at radius 1 is 1.37 bits per heavy atom. The summed E-state index contributed by atoms with van der Waals surface area (Å²) in [5.74, 6) is 0.894. The van der Waals surface area contributed by atoms with Crippen LogP contribution in [0.4, 0.5) is 0 Å². The lowest BCUT2D eigenvalue weighted by Gasteiger charge is -2.13. The molecule has 0 saturated carbocycles. The van der Waals surface area contributed by atoms with Crippen LogP contribution in [0.2, 0.25) is 0 Å². The Labute approximate surface area is 128 Å². The SMILES string of the molecule is CCCn1ncnc1CC(N)c1ncc(Br)cc1Br. The Morgan fingerprint density at radius 2 is 2.16 bits per heavy atom. The summed E-state index contributed by atoms with van der Waals surface area (Å²) < 4.78 is 3.72. The zero-order valence-corrected chi connectivity index (χ0v) is 13.7. The van der Waals surface area contributed by atoms with Crippen LogP contribution in [0, 0.1) is 0 Å². The molecule has 5 nitrogen and oxygen atoms in total. The molecule has 2 heterocycles. The molecule has 0 saturated heterocycles. The summed E-state index contributed by atoms with van der Waals surface area (Å²) in [5.41, 5.74) is 7.04. The van der Waals surface area contributed by atoms with Crippen LogP contribution in [0.5, 0.6) is 0 Å². The number of hydrogen-bond donors (Lipinski definition) is 1. The van der Waals surface area contributed by atoms with Gasteiger partial charge in [-0.05, 0) is 44.3 Å². The van der Waals surface area contributed by atoms with Crippen LogP contribution in [-0.2, 0) is 13.0 Å². The van der Waals surface area contributed by atoms with E-state index in [0.717, 1.165) is 33.4 Å². The van der Waals surface area contributed by atoms with E-state index in [0.29, 0.717) is 6.42 Å². The number of hydrogen-bond acceptors (Lipinski definition) is 4. The highest BCUT2D eigenvalue weighted by molar-refractivity contribution is 9.11. The van der Waals surface area contributed by atoms with Gasteiger partial charge in [-0.15, -0.1) is 0 Å². The van der Waals surface area contributed by atoms with Crippen molar-refractivity contribution in [2.45, 2.75) is 32.4 Å². The van der Waals surface area contributed by atoms with Gasteiger partial charge in [0.2, 0.25) is 0 Å². The van der Waals surface area contributed by atoms with Crippen molar-refractivity contribution in [3.05, 3.63) is 39.1 Å². The van der Waals surface area contributed by atoms with Crippen LogP contribution < -0.4 is 5.73 Å². The maximum absolute atomic E-state index is 6.21. The third-order valence-electron chi connectivity index (χ3n) is 2.72. The van der Waals surface area contributed by atoms with Crippen molar-refractivity contribution in [1.29, 1.82) is 0 Å². The fraction of sp³-hybridized carbons (Fsp3) is 0.417. The molecule has 0 aliphatic heterocycles. The van der Waals surface area contributed by atoms with Crippen LogP contribution in [0.1, 0.15) is 30.9 Å². The number of pyridine rings is 1. The number of nitrogens with zero attached hydrogens (tertiary/aromatic N) is 4. The first kappa shape index (κ1) is 14.6. The molecule has 2 aromatic heterocycles. The number of nitrogens with two attached hydrogens (primary N) is 1. The fourth-order valence-electron chi connectivity index (χ4n) is 1.84. The van der Waals surface area contributed by atoms with Gasteiger partial charge in [-0.1, -0.05) is 6.92 Å². The Balaban J connectivity index is 2.16. The molecule has 19 heavy (non-hydrogen) atoms. The second-order valence-electron chi connectivity index (χ2n) is 4.23. The molecule has 2 rings (SSSR count). The van der Waals surface area contributed by atoms with E-state index in [1.54, 1.807) is 12.5 Å². The van der Waals surface area contributed by atoms with E-state index in [1.165, 1.54) is 0 Å². The number of rotatable bonds is 5. The molecular weight excluding hydrogens is 374 g/mol. The van der Waals surface area contributed by atoms with Crippen molar-refractivity contribution in [2.75, 3.05) is 0 Å². The summed E-state index contributed by atoms with van der Waals surface area (Å²) in [5, 5.41) is 4.20. The third kappa shape index (κ3) is 3.61. The zero-order chi connectivity index (χ0) is 13.8. The molecule has 0 amide bonds. The van der Waals surface area contributed by atoms with Gasteiger partial charge in [0.1, 0.15) is 12.2 Å². The van der Waals surface area contributed by atoms with Crippen LogP contribution >= 0.6 is 31.9 Å².